The largest absolute Gasteiger partial charge is 0.281 e. The van der Waals surface area contributed by atoms with Crippen LogP contribution in [0.5, 0.6) is 0 Å². The van der Waals surface area contributed by atoms with Gasteiger partial charge in [0, 0.05) is 6.20 Å². The van der Waals surface area contributed by atoms with Gasteiger partial charge < -0.3 is 0 Å². The minimum absolute atomic E-state index is 0.793. The maximum absolute atomic E-state index is 12.8. The monoisotopic (exact) mass is 209 g/mol. The number of carbonyl (C=O) groups excluding carboxylic acids is 1. The summed E-state index contributed by atoms with van der Waals surface area (Å²) in [7, 11) is 0. The second-order valence-corrected chi connectivity index (χ2v) is 2.47. The van der Waals surface area contributed by atoms with E-state index in [-0.39, 0.29) is 0 Å². The van der Waals surface area contributed by atoms with Crippen LogP contribution in [0.15, 0.2) is 12.3 Å². The van der Waals surface area contributed by atoms with Gasteiger partial charge in [-0.2, -0.15) is 0 Å². The number of pyridine rings is 1. The first-order chi connectivity index (χ1) is 6.04. The molecular weight excluding hydrogens is 207 g/mol. The average Bonchev–Trinajstić information content (AvgIpc) is 2.02. The van der Waals surface area contributed by atoms with E-state index < -0.39 is 28.7 Å². The van der Waals surface area contributed by atoms with E-state index in [1.165, 1.54) is 0 Å². The molecule has 0 amide bonds. The van der Waals surface area contributed by atoms with Gasteiger partial charge in [-0.3, -0.25) is 9.78 Å². The second kappa shape index (κ2) is 3.74. The summed E-state index contributed by atoms with van der Waals surface area (Å²) < 4.78 is 37.0. The molecule has 0 radical (unpaired) electrons. The van der Waals surface area contributed by atoms with Gasteiger partial charge in [0.2, 0.25) is 0 Å². The van der Waals surface area contributed by atoms with Crippen LogP contribution in [-0.2, 0) is 0 Å². The molecule has 0 atom stereocenters. The fourth-order valence-corrected chi connectivity index (χ4v) is 1.00. The van der Waals surface area contributed by atoms with Crippen molar-refractivity contribution in [3.05, 3.63) is 29.3 Å². The van der Waals surface area contributed by atoms with Crippen LogP contribution in [0.4, 0.5) is 13.2 Å². The van der Waals surface area contributed by atoms with Crippen LogP contribution in [-0.4, -0.2) is 10.2 Å². The van der Waals surface area contributed by atoms with Crippen molar-refractivity contribution in [2.45, 2.75) is 6.43 Å². The number of nitrogens with zero attached hydrogens (tertiary/aromatic N) is 1. The molecule has 0 aromatic carbocycles. The Kier molecular flexibility index (Phi) is 2.87. The standard InChI is InChI=1S/C7H3ClF3NO/c8-6(13)4-3(9)1-2-12-5(4)7(10)11/h1-2,7H. The maximum atomic E-state index is 12.8. The van der Waals surface area contributed by atoms with Gasteiger partial charge in [-0.05, 0) is 17.7 Å². The molecule has 1 aromatic rings. The fraction of sp³-hybridized carbons (Fsp3) is 0.143. The number of hydrogen-bond acceptors (Lipinski definition) is 2. The predicted molar refractivity (Wildman–Crippen MR) is 39.3 cm³/mol. The lowest BCUT2D eigenvalue weighted by Crippen LogP contribution is -2.04. The topological polar surface area (TPSA) is 30.0 Å². The van der Waals surface area contributed by atoms with Crippen LogP contribution < -0.4 is 0 Å². The molecule has 0 fully saturated rings. The summed E-state index contributed by atoms with van der Waals surface area (Å²) >= 11 is 4.91. The van der Waals surface area contributed by atoms with Gasteiger partial charge in [0.25, 0.3) is 11.7 Å². The number of alkyl halides is 2. The Bertz CT molecular complexity index is 343. The van der Waals surface area contributed by atoms with Crippen molar-refractivity contribution in [2.75, 3.05) is 0 Å². The highest BCUT2D eigenvalue weighted by Gasteiger charge is 2.22. The molecule has 70 valence electrons. The number of carbonyl (C=O) groups is 1. The number of aromatic nitrogens is 1. The van der Waals surface area contributed by atoms with Crippen molar-refractivity contribution in [1.82, 2.24) is 4.98 Å². The van der Waals surface area contributed by atoms with E-state index in [1.807, 2.05) is 0 Å². The van der Waals surface area contributed by atoms with E-state index in [2.05, 4.69) is 4.98 Å². The van der Waals surface area contributed by atoms with Crippen molar-refractivity contribution in [1.29, 1.82) is 0 Å². The average molecular weight is 210 g/mol. The Morgan fingerprint density at radius 3 is 2.54 bits per heavy atom. The third kappa shape index (κ3) is 1.98. The quantitative estimate of drug-likeness (QED) is 0.701. The molecule has 1 aromatic heterocycles. The van der Waals surface area contributed by atoms with E-state index in [9.17, 15) is 18.0 Å². The van der Waals surface area contributed by atoms with Gasteiger partial charge in [-0.1, -0.05) is 0 Å². The first-order valence-corrected chi connectivity index (χ1v) is 3.54. The molecule has 1 rings (SSSR count). The van der Waals surface area contributed by atoms with Crippen molar-refractivity contribution >= 4 is 16.8 Å². The lowest BCUT2D eigenvalue weighted by molar-refractivity contribution is 0.105. The molecule has 0 aliphatic heterocycles. The van der Waals surface area contributed by atoms with Gasteiger partial charge in [-0.15, -0.1) is 0 Å². The number of hydrogen-bond donors (Lipinski definition) is 0. The lowest BCUT2D eigenvalue weighted by Gasteiger charge is -2.03. The fourth-order valence-electron chi connectivity index (χ4n) is 0.813. The van der Waals surface area contributed by atoms with E-state index >= 15 is 0 Å². The van der Waals surface area contributed by atoms with Crippen LogP contribution in [0.1, 0.15) is 22.5 Å². The van der Waals surface area contributed by atoms with E-state index in [0.717, 1.165) is 12.3 Å². The number of rotatable bonds is 2. The zero-order valence-electron chi connectivity index (χ0n) is 6.10. The summed E-state index contributed by atoms with van der Waals surface area (Å²) in [6, 6.07) is 0.793. The molecule has 0 saturated heterocycles. The Morgan fingerprint density at radius 2 is 2.15 bits per heavy atom. The van der Waals surface area contributed by atoms with Gasteiger partial charge in [0.1, 0.15) is 11.5 Å². The summed E-state index contributed by atoms with van der Waals surface area (Å²) in [6.07, 6.45) is -2.17. The molecular formula is C7H3ClF3NO. The smallest absolute Gasteiger partial charge is 0.275 e. The summed E-state index contributed by atoms with van der Waals surface area (Å²) in [5.74, 6) is -1.09. The van der Waals surface area contributed by atoms with Gasteiger partial charge in [0.15, 0.2) is 0 Å². The molecule has 0 bridgehead atoms. The Hall–Kier alpha value is -1.10. The SMILES string of the molecule is O=C(Cl)c1c(F)ccnc1C(F)F. The molecule has 13 heavy (non-hydrogen) atoms. The minimum atomic E-state index is -3.02. The van der Waals surface area contributed by atoms with E-state index in [0.29, 0.717) is 0 Å². The summed E-state index contributed by atoms with van der Waals surface area (Å²) in [5, 5.41) is -1.28. The van der Waals surface area contributed by atoms with Crippen molar-refractivity contribution in [2.24, 2.45) is 0 Å². The lowest BCUT2D eigenvalue weighted by atomic mass is 10.2. The molecule has 6 heteroatoms. The normalized spacial score (nSPS) is 10.5. The van der Waals surface area contributed by atoms with Crippen molar-refractivity contribution < 1.29 is 18.0 Å². The third-order valence-electron chi connectivity index (χ3n) is 1.33. The van der Waals surface area contributed by atoms with E-state index in [4.69, 9.17) is 11.6 Å². The molecule has 0 unspecified atom stereocenters. The van der Waals surface area contributed by atoms with Crippen molar-refractivity contribution in [3.63, 3.8) is 0 Å². The van der Waals surface area contributed by atoms with E-state index in [1.54, 1.807) is 0 Å². The molecule has 2 nitrogen and oxygen atoms in total. The Labute approximate surface area is 76.3 Å². The zero-order chi connectivity index (χ0) is 10.0. The summed E-state index contributed by atoms with van der Waals surface area (Å²) in [4.78, 5) is 13.7. The van der Waals surface area contributed by atoms with Crippen LogP contribution in [0.3, 0.4) is 0 Å². The Balaban J connectivity index is 3.34. The van der Waals surface area contributed by atoms with Gasteiger partial charge >= 0.3 is 0 Å². The molecule has 0 aliphatic rings. The van der Waals surface area contributed by atoms with Crippen LogP contribution in [0, 0.1) is 5.82 Å². The first kappa shape index (κ1) is 9.98. The van der Waals surface area contributed by atoms with Crippen LogP contribution in [0.2, 0.25) is 0 Å². The van der Waals surface area contributed by atoms with Gasteiger partial charge in [0.05, 0.1) is 5.56 Å². The number of halogens is 4. The van der Waals surface area contributed by atoms with Crippen molar-refractivity contribution in [3.8, 4) is 0 Å². The minimum Gasteiger partial charge on any atom is -0.275 e. The molecule has 1 heterocycles. The second-order valence-electron chi connectivity index (χ2n) is 2.13. The zero-order valence-corrected chi connectivity index (χ0v) is 6.86. The predicted octanol–water partition coefficient (Wildman–Crippen LogP) is 2.54. The Morgan fingerprint density at radius 1 is 1.54 bits per heavy atom. The third-order valence-corrected chi connectivity index (χ3v) is 1.52. The first-order valence-electron chi connectivity index (χ1n) is 3.16. The maximum Gasteiger partial charge on any atom is 0.281 e. The van der Waals surface area contributed by atoms with Crippen LogP contribution >= 0.6 is 11.6 Å². The summed E-state index contributed by atoms with van der Waals surface area (Å²) in [6.45, 7) is 0. The molecule has 0 N–H and O–H groups in total. The molecule has 0 spiro atoms. The highest BCUT2D eigenvalue weighted by molar-refractivity contribution is 6.67. The highest BCUT2D eigenvalue weighted by Crippen LogP contribution is 2.23. The molecule has 0 aliphatic carbocycles. The van der Waals surface area contributed by atoms with Gasteiger partial charge in [-0.25, -0.2) is 13.2 Å². The summed E-state index contributed by atoms with van der Waals surface area (Å²) in [5.41, 5.74) is -1.79. The molecule has 0 saturated carbocycles. The highest BCUT2D eigenvalue weighted by atomic mass is 35.5. The van der Waals surface area contributed by atoms with Crippen LogP contribution in [0.25, 0.3) is 0 Å².